The summed E-state index contributed by atoms with van der Waals surface area (Å²) < 4.78 is 10.4. The summed E-state index contributed by atoms with van der Waals surface area (Å²) in [5, 5.41) is 5.24. The molecule has 6 nitrogen and oxygen atoms in total. The Morgan fingerprint density at radius 3 is 2.25 bits per heavy atom. The van der Waals surface area contributed by atoms with Gasteiger partial charge in [0.05, 0.1) is 13.7 Å². The first-order valence-corrected chi connectivity index (χ1v) is 7.51. The number of benzene rings is 2. The van der Waals surface area contributed by atoms with Crippen molar-refractivity contribution in [2.75, 3.05) is 20.3 Å². The molecule has 0 aliphatic carbocycles. The molecule has 0 saturated carbocycles. The second kappa shape index (κ2) is 9.19. The number of nitrogens with one attached hydrogen (secondary N) is 2. The van der Waals surface area contributed by atoms with Gasteiger partial charge in [0.15, 0.2) is 6.61 Å². The molecule has 0 aromatic heterocycles. The third-order valence-corrected chi connectivity index (χ3v) is 3.21. The van der Waals surface area contributed by atoms with Gasteiger partial charge in [0, 0.05) is 6.54 Å². The van der Waals surface area contributed by atoms with E-state index in [4.69, 9.17) is 9.47 Å². The Morgan fingerprint density at radius 2 is 1.58 bits per heavy atom. The Balaban J connectivity index is 1.64. The quantitative estimate of drug-likeness (QED) is 0.770. The van der Waals surface area contributed by atoms with Crippen LogP contribution in [0.5, 0.6) is 11.5 Å². The zero-order chi connectivity index (χ0) is 17.2. The number of methoxy groups -OCH3 is 1. The monoisotopic (exact) mass is 328 g/mol. The number of amides is 2. The van der Waals surface area contributed by atoms with Gasteiger partial charge in [-0.3, -0.25) is 9.59 Å². The highest BCUT2D eigenvalue weighted by Crippen LogP contribution is 2.10. The molecule has 2 aromatic carbocycles. The summed E-state index contributed by atoms with van der Waals surface area (Å²) in [4.78, 5) is 23.4. The molecule has 24 heavy (non-hydrogen) atoms. The van der Waals surface area contributed by atoms with Crippen LogP contribution in [0.3, 0.4) is 0 Å². The molecular weight excluding hydrogens is 308 g/mol. The van der Waals surface area contributed by atoms with Crippen molar-refractivity contribution in [3.63, 3.8) is 0 Å². The van der Waals surface area contributed by atoms with Crippen LogP contribution in [0, 0.1) is 0 Å². The summed E-state index contributed by atoms with van der Waals surface area (Å²) in [6.07, 6.45) is 0. The fourth-order valence-corrected chi connectivity index (χ4v) is 1.90. The van der Waals surface area contributed by atoms with Crippen molar-refractivity contribution in [1.29, 1.82) is 0 Å². The van der Waals surface area contributed by atoms with Crippen LogP contribution in [-0.4, -0.2) is 32.1 Å². The minimum absolute atomic E-state index is 0.0901. The van der Waals surface area contributed by atoms with Crippen LogP contribution < -0.4 is 20.1 Å². The molecule has 0 bridgehead atoms. The molecule has 0 heterocycles. The molecule has 0 saturated heterocycles. The summed E-state index contributed by atoms with van der Waals surface area (Å²) in [6.45, 7) is 0.169. The number of rotatable bonds is 8. The van der Waals surface area contributed by atoms with E-state index in [1.54, 1.807) is 19.2 Å². The van der Waals surface area contributed by atoms with Gasteiger partial charge in [-0.1, -0.05) is 30.3 Å². The predicted octanol–water partition coefficient (Wildman–Crippen LogP) is 1.51. The standard InChI is InChI=1S/C18H20N2O4/c1-23-15-9-7-14(8-10-15)11-19-17(21)12-20-18(22)13-24-16-5-3-2-4-6-16/h2-10H,11-13H2,1H3,(H,19,21)(H,20,22). The number of hydrogen-bond acceptors (Lipinski definition) is 4. The number of ether oxygens (including phenoxy) is 2. The smallest absolute Gasteiger partial charge is 0.258 e. The predicted molar refractivity (Wildman–Crippen MR) is 89.8 cm³/mol. The van der Waals surface area contributed by atoms with E-state index in [0.717, 1.165) is 11.3 Å². The molecule has 0 spiro atoms. The van der Waals surface area contributed by atoms with Crippen molar-refractivity contribution in [2.24, 2.45) is 0 Å². The lowest BCUT2D eigenvalue weighted by atomic mass is 10.2. The highest BCUT2D eigenvalue weighted by atomic mass is 16.5. The number of hydrogen-bond donors (Lipinski definition) is 2. The van der Waals surface area contributed by atoms with Crippen molar-refractivity contribution in [1.82, 2.24) is 10.6 Å². The Kier molecular flexibility index (Phi) is 6.64. The summed E-state index contributed by atoms with van der Waals surface area (Å²) in [6, 6.07) is 16.4. The molecule has 0 aliphatic heterocycles. The fourth-order valence-electron chi connectivity index (χ4n) is 1.90. The molecule has 0 unspecified atom stereocenters. The van der Waals surface area contributed by atoms with Crippen LogP contribution in [0.15, 0.2) is 54.6 Å². The third-order valence-electron chi connectivity index (χ3n) is 3.21. The Hall–Kier alpha value is -3.02. The lowest BCUT2D eigenvalue weighted by Crippen LogP contribution is -2.38. The molecule has 126 valence electrons. The Labute approximate surface area is 140 Å². The van der Waals surface area contributed by atoms with E-state index in [1.165, 1.54) is 0 Å². The van der Waals surface area contributed by atoms with Crippen molar-refractivity contribution in [2.45, 2.75) is 6.54 Å². The normalized spacial score (nSPS) is 9.88. The molecule has 2 aromatic rings. The Morgan fingerprint density at radius 1 is 0.875 bits per heavy atom. The van der Waals surface area contributed by atoms with E-state index < -0.39 is 0 Å². The van der Waals surface area contributed by atoms with Crippen molar-refractivity contribution >= 4 is 11.8 Å². The van der Waals surface area contributed by atoms with Crippen molar-refractivity contribution < 1.29 is 19.1 Å². The molecule has 0 atom stereocenters. The van der Waals surface area contributed by atoms with E-state index >= 15 is 0 Å². The van der Waals surface area contributed by atoms with E-state index in [0.29, 0.717) is 12.3 Å². The second-order valence-electron chi connectivity index (χ2n) is 5.00. The highest BCUT2D eigenvalue weighted by molar-refractivity contribution is 5.85. The fraction of sp³-hybridized carbons (Fsp3) is 0.222. The Bertz CT molecular complexity index is 656. The molecule has 2 amide bonds. The van der Waals surface area contributed by atoms with E-state index in [9.17, 15) is 9.59 Å². The third kappa shape index (κ3) is 6.00. The van der Waals surface area contributed by atoms with Crippen LogP contribution in [0.25, 0.3) is 0 Å². The molecule has 2 N–H and O–H groups in total. The molecule has 0 aliphatic rings. The van der Waals surface area contributed by atoms with Crippen LogP contribution in [0.2, 0.25) is 0 Å². The molecule has 0 radical (unpaired) electrons. The van der Waals surface area contributed by atoms with Gasteiger partial charge < -0.3 is 20.1 Å². The first-order valence-electron chi connectivity index (χ1n) is 7.51. The maximum absolute atomic E-state index is 11.7. The molecular formula is C18H20N2O4. The number of carbonyl (C=O) groups excluding carboxylic acids is 2. The van der Waals surface area contributed by atoms with Crippen molar-refractivity contribution in [3.8, 4) is 11.5 Å². The summed E-state index contributed by atoms with van der Waals surface area (Å²) in [5.41, 5.74) is 0.947. The van der Waals surface area contributed by atoms with Gasteiger partial charge in [-0.25, -0.2) is 0 Å². The van der Waals surface area contributed by atoms with E-state index in [1.807, 2.05) is 42.5 Å². The van der Waals surface area contributed by atoms with Crippen LogP contribution in [0.1, 0.15) is 5.56 Å². The maximum atomic E-state index is 11.7. The first kappa shape index (κ1) is 17.3. The van der Waals surface area contributed by atoms with Gasteiger partial charge in [0.25, 0.3) is 5.91 Å². The maximum Gasteiger partial charge on any atom is 0.258 e. The molecule has 6 heteroatoms. The highest BCUT2D eigenvalue weighted by Gasteiger charge is 2.06. The zero-order valence-corrected chi connectivity index (χ0v) is 13.5. The summed E-state index contributed by atoms with van der Waals surface area (Å²) in [7, 11) is 1.60. The molecule has 2 rings (SSSR count). The minimum Gasteiger partial charge on any atom is -0.497 e. The van der Waals surface area contributed by atoms with Gasteiger partial charge in [0.1, 0.15) is 11.5 Å². The lowest BCUT2D eigenvalue weighted by molar-refractivity contribution is -0.127. The minimum atomic E-state index is -0.349. The average molecular weight is 328 g/mol. The van der Waals surface area contributed by atoms with Gasteiger partial charge >= 0.3 is 0 Å². The largest absolute Gasteiger partial charge is 0.497 e. The van der Waals surface area contributed by atoms with E-state index in [-0.39, 0.29) is 25.0 Å². The van der Waals surface area contributed by atoms with Gasteiger partial charge in [-0.15, -0.1) is 0 Å². The van der Waals surface area contributed by atoms with Gasteiger partial charge in [-0.2, -0.15) is 0 Å². The van der Waals surface area contributed by atoms with Crippen molar-refractivity contribution in [3.05, 3.63) is 60.2 Å². The SMILES string of the molecule is COc1ccc(CNC(=O)CNC(=O)COc2ccccc2)cc1. The topological polar surface area (TPSA) is 76.7 Å². The zero-order valence-electron chi connectivity index (χ0n) is 13.5. The molecule has 0 fully saturated rings. The van der Waals surface area contributed by atoms with Crippen LogP contribution in [-0.2, 0) is 16.1 Å². The van der Waals surface area contributed by atoms with Gasteiger partial charge in [-0.05, 0) is 29.8 Å². The van der Waals surface area contributed by atoms with Gasteiger partial charge in [0.2, 0.25) is 5.91 Å². The van der Waals surface area contributed by atoms with Crippen LogP contribution >= 0.6 is 0 Å². The number of carbonyl (C=O) groups is 2. The average Bonchev–Trinajstić information content (AvgIpc) is 2.64. The summed E-state index contributed by atoms with van der Waals surface area (Å²) in [5.74, 6) is 0.754. The summed E-state index contributed by atoms with van der Waals surface area (Å²) >= 11 is 0. The first-order chi connectivity index (χ1) is 11.7. The van der Waals surface area contributed by atoms with Crippen LogP contribution in [0.4, 0.5) is 0 Å². The van der Waals surface area contributed by atoms with E-state index in [2.05, 4.69) is 10.6 Å². The second-order valence-corrected chi connectivity index (χ2v) is 5.00. The lowest BCUT2D eigenvalue weighted by Gasteiger charge is -2.08. The number of para-hydroxylation sites is 1.